The second-order valence-corrected chi connectivity index (χ2v) is 5.14. The van der Waals surface area contributed by atoms with Gasteiger partial charge in [-0.1, -0.05) is 6.58 Å². The third kappa shape index (κ3) is 1.81. The lowest BCUT2D eigenvalue weighted by Crippen LogP contribution is -2.28. The molecule has 1 aromatic carbocycles. The van der Waals surface area contributed by atoms with E-state index in [1.54, 1.807) is 13.0 Å². The third-order valence-corrected chi connectivity index (χ3v) is 3.72. The van der Waals surface area contributed by atoms with E-state index >= 15 is 0 Å². The summed E-state index contributed by atoms with van der Waals surface area (Å²) < 4.78 is 10.5. The number of allylic oxidation sites excluding steroid dienone is 1. The maximum atomic E-state index is 12.6. The fourth-order valence-corrected chi connectivity index (χ4v) is 2.63. The second kappa shape index (κ2) is 4.56. The minimum Gasteiger partial charge on any atom is -0.497 e. The van der Waals surface area contributed by atoms with Crippen molar-refractivity contribution < 1.29 is 24.2 Å². The summed E-state index contributed by atoms with van der Waals surface area (Å²) in [7, 11) is 1.48. The van der Waals surface area contributed by atoms with Crippen molar-refractivity contribution in [3.8, 4) is 5.75 Å². The van der Waals surface area contributed by atoms with Gasteiger partial charge in [-0.2, -0.15) is 0 Å². The number of ketones is 2. The number of methoxy groups -OCH3 is 1. The molecule has 21 heavy (non-hydrogen) atoms. The molecule has 0 bridgehead atoms. The van der Waals surface area contributed by atoms with Crippen molar-refractivity contribution in [2.24, 2.45) is 0 Å². The molecule has 3 rings (SSSR count). The van der Waals surface area contributed by atoms with Crippen LogP contribution in [-0.4, -0.2) is 36.0 Å². The van der Waals surface area contributed by atoms with Crippen LogP contribution in [0, 0.1) is 0 Å². The molecule has 1 aliphatic heterocycles. The van der Waals surface area contributed by atoms with Gasteiger partial charge < -0.3 is 14.6 Å². The molecule has 0 amide bonds. The first-order valence-corrected chi connectivity index (χ1v) is 6.47. The molecular formula is C16H14O5. The molecule has 0 saturated heterocycles. The van der Waals surface area contributed by atoms with E-state index in [0.717, 1.165) is 0 Å². The van der Waals surface area contributed by atoms with E-state index in [1.165, 1.54) is 19.2 Å². The maximum Gasteiger partial charge on any atom is 0.228 e. The van der Waals surface area contributed by atoms with E-state index in [0.29, 0.717) is 11.3 Å². The average Bonchev–Trinajstić information content (AvgIpc) is 2.82. The molecule has 0 aromatic heterocycles. The number of hydrogen-bond donors (Lipinski definition) is 1. The van der Waals surface area contributed by atoms with Crippen molar-refractivity contribution in [3.05, 3.63) is 52.8 Å². The standard InChI is InChI=1S/C16H14O5/c1-7(2)15-14(19)11-12(17)10-6-8(20-3)4-5-9(10)13(18)16(11)21-15/h4-6,14-15,19H,1H2,2-3H3. The van der Waals surface area contributed by atoms with Gasteiger partial charge in [0.25, 0.3) is 0 Å². The first kappa shape index (κ1) is 13.6. The van der Waals surface area contributed by atoms with E-state index in [9.17, 15) is 14.7 Å². The van der Waals surface area contributed by atoms with Crippen LogP contribution in [-0.2, 0) is 4.74 Å². The van der Waals surface area contributed by atoms with Crippen molar-refractivity contribution in [1.29, 1.82) is 0 Å². The van der Waals surface area contributed by atoms with Crippen LogP contribution in [0.3, 0.4) is 0 Å². The molecule has 0 saturated carbocycles. The number of rotatable bonds is 2. The zero-order valence-corrected chi connectivity index (χ0v) is 11.7. The molecule has 2 aliphatic rings. The summed E-state index contributed by atoms with van der Waals surface area (Å²) >= 11 is 0. The third-order valence-electron chi connectivity index (χ3n) is 3.72. The quantitative estimate of drug-likeness (QED) is 0.837. The van der Waals surface area contributed by atoms with Crippen LogP contribution in [0.2, 0.25) is 0 Å². The van der Waals surface area contributed by atoms with E-state index < -0.39 is 23.8 Å². The zero-order valence-electron chi connectivity index (χ0n) is 11.7. The molecule has 5 heteroatoms. The molecule has 0 radical (unpaired) electrons. The Morgan fingerprint density at radius 2 is 2.00 bits per heavy atom. The Balaban J connectivity index is 2.12. The van der Waals surface area contributed by atoms with Crippen molar-refractivity contribution in [2.75, 3.05) is 7.11 Å². The summed E-state index contributed by atoms with van der Waals surface area (Å²) in [6.07, 6.45) is -1.94. The summed E-state index contributed by atoms with van der Waals surface area (Å²) in [5.74, 6) is -0.401. The second-order valence-electron chi connectivity index (χ2n) is 5.14. The Morgan fingerprint density at radius 3 is 2.62 bits per heavy atom. The van der Waals surface area contributed by atoms with Crippen molar-refractivity contribution >= 4 is 11.6 Å². The van der Waals surface area contributed by atoms with Crippen LogP contribution in [0.25, 0.3) is 0 Å². The van der Waals surface area contributed by atoms with Gasteiger partial charge in [0.2, 0.25) is 5.78 Å². The molecule has 0 fully saturated rings. The highest BCUT2D eigenvalue weighted by molar-refractivity contribution is 6.27. The van der Waals surface area contributed by atoms with Gasteiger partial charge in [-0.05, 0) is 30.7 Å². The van der Waals surface area contributed by atoms with E-state index in [1.807, 2.05) is 0 Å². The number of ether oxygens (including phenoxy) is 2. The SMILES string of the molecule is C=C(C)C1OC2=C(C(=O)c3cc(OC)ccc3C2=O)C1O. The number of aliphatic hydroxyl groups is 1. The van der Waals surface area contributed by atoms with Gasteiger partial charge in [-0.3, -0.25) is 9.59 Å². The molecule has 0 spiro atoms. The number of benzene rings is 1. The Bertz CT molecular complexity index is 713. The summed E-state index contributed by atoms with van der Waals surface area (Å²) in [5.41, 5.74) is 1.05. The van der Waals surface area contributed by atoms with Gasteiger partial charge in [-0.15, -0.1) is 0 Å². The normalized spacial score (nSPS) is 23.6. The Kier molecular flexibility index (Phi) is 2.95. The van der Waals surface area contributed by atoms with Gasteiger partial charge in [0.05, 0.1) is 12.7 Å². The lowest BCUT2D eigenvalue weighted by molar-refractivity contribution is 0.0644. The number of hydrogen-bond acceptors (Lipinski definition) is 5. The minimum atomic E-state index is -1.17. The molecule has 108 valence electrons. The van der Waals surface area contributed by atoms with Crippen LogP contribution in [0.4, 0.5) is 0 Å². The topological polar surface area (TPSA) is 72.8 Å². The molecule has 1 heterocycles. The van der Waals surface area contributed by atoms with Gasteiger partial charge in [0, 0.05) is 11.1 Å². The molecule has 1 aliphatic carbocycles. The highest BCUT2D eigenvalue weighted by Gasteiger charge is 2.46. The summed E-state index contributed by atoms with van der Waals surface area (Å²) in [6.45, 7) is 5.40. The minimum absolute atomic E-state index is 0.00810. The van der Waals surface area contributed by atoms with Gasteiger partial charge in [0.1, 0.15) is 18.0 Å². The largest absolute Gasteiger partial charge is 0.497 e. The Hall–Kier alpha value is -2.40. The van der Waals surface area contributed by atoms with Crippen molar-refractivity contribution in [2.45, 2.75) is 19.1 Å². The van der Waals surface area contributed by atoms with Gasteiger partial charge in [-0.25, -0.2) is 0 Å². The molecular weight excluding hydrogens is 272 g/mol. The van der Waals surface area contributed by atoms with Crippen LogP contribution in [0.1, 0.15) is 27.6 Å². The van der Waals surface area contributed by atoms with E-state index in [-0.39, 0.29) is 22.5 Å². The number of Topliss-reactive ketones (excluding diaryl/α,β-unsaturated/α-hetero) is 2. The fourth-order valence-electron chi connectivity index (χ4n) is 2.63. The molecule has 1 N–H and O–H groups in total. The van der Waals surface area contributed by atoms with Crippen molar-refractivity contribution in [3.63, 3.8) is 0 Å². The van der Waals surface area contributed by atoms with Crippen molar-refractivity contribution in [1.82, 2.24) is 0 Å². The van der Waals surface area contributed by atoms with Gasteiger partial charge in [0.15, 0.2) is 11.5 Å². The summed E-state index contributed by atoms with van der Waals surface area (Å²) in [5, 5.41) is 10.2. The van der Waals surface area contributed by atoms with E-state index in [4.69, 9.17) is 9.47 Å². The molecule has 2 atom stereocenters. The zero-order chi connectivity index (χ0) is 15.3. The number of carbonyl (C=O) groups is 2. The Labute approximate surface area is 121 Å². The van der Waals surface area contributed by atoms with Crippen LogP contribution in [0.5, 0.6) is 5.75 Å². The predicted molar refractivity (Wildman–Crippen MR) is 74.4 cm³/mol. The van der Waals surface area contributed by atoms with Crippen LogP contribution < -0.4 is 4.74 Å². The number of carbonyl (C=O) groups excluding carboxylic acids is 2. The smallest absolute Gasteiger partial charge is 0.228 e. The number of fused-ring (bicyclic) bond motifs is 1. The molecule has 5 nitrogen and oxygen atoms in total. The first-order chi connectivity index (χ1) is 9.95. The van der Waals surface area contributed by atoms with E-state index in [2.05, 4.69) is 6.58 Å². The van der Waals surface area contributed by atoms with Crippen LogP contribution in [0.15, 0.2) is 41.7 Å². The first-order valence-electron chi connectivity index (χ1n) is 6.47. The monoisotopic (exact) mass is 286 g/mol. The number of aliphatic hydroxyl groups excluding tert-OH is 1. The maximum absolute atomic E-state index is 12.6. The summed E-state index contributed by atoms with van der Waals surface area (Å²) in [4.78, 5) is 25.0. The highest BCUT2D eigenvalue weighted by atomic mass is 16.5. The average molecular weight is 286 g/mol. The lowest BCUT2D eigenvalue weighted by Gasteiger charge is -2.16. The predicted octanol–water partition coefficient (Wildman–Crippen LogP) is 1.66. The Morgan fingerprint density at radius 1 is 1.29 bits per heavy atom. The highest BCUT2D eigenvalue weighted by Crippen LogP contribution is 2.38. The van der Waals surface area contributed by atoms with Gasteiger partial charge >= 0.3 is 0 Å². The molecule has 2 unspecified atom stereocenters. The summed E-state index contributed by atoms with van der Waals surface area (Å²) in [6, 6.07) is 4.64. The lowest BCUT2D eigenvalue weighted by atomic mass is 9.85. The molecule has 1 aromatic rings. The fraction of sp³-hybridized carbons (Fsp3) is 0.250. The van der Waals surface area contributed by atoms with Crippen LogP contribution >= 0.6 is 0 Å².